The molecule has 0 unspecified atom stereocenters. The smallest absolute Gasteiger partial charge is 0.308 e. The van der Waals surface area contributed by atoms with Crippen LogP contribution in [0.25, 0.3) is 0 Å². The molecule has 2 amide bonds. The molecule has 0 spiro atoms. The first-order valence-corrected chi connectivity index (χ1v) is 6.04. The number of anilines is 2. The number of rotatable bonds is 2. The van der Waals surface area contributed by atoms with E-state index in [2.05, 4.69) is 5.32 Å². The van der Waals surface area contributed by atoms with E-state index < -0.39 is 40.8 Å². The summed E-state index contributed by atoms with van der Waals surface area (Å²) in [4.78, 5) is 11.6. The highest BCUT2D eigenvalue weighted by Gasteiger charge is 2.26. The molecule has 0 saturated carbocycles. The summed E-state index contributed by atoms with van der Waals surface area (Å²) in [6.07, 6.45) is 0. The molecule has 0 atom stereocenters. The van der Waals surface area contributed by atoms with Crippen LogP contribution in [0.1, 0.15) is 0 Å². The second-order valence-electron chi connectivity index (χ2n) is 4.03. The lowest BCUT2D eigenvalue weighted by molar-refractivity contribution is 0.261. The van der Waals surface area contributed by atoms with Crippen molar-refractivity contribution in [2.45, 2.75) is 0 Å². The fourth-order valence-corrected chi connectivity index (χ4v) is 1.75. The average Bonchev–Trinajstić information content (AvgIpc) is 2.47. The van der Waals surface area contributed by atoms with Gasteiger partial charge < -0.3 is 10.6 Å². The van der Waals surface area contributed by atoms with Crippen molar-refractivity contribution in [2.24, 2.45) is 0 Å². The molecule has 0 aliphatic rings. The van der Waals surface area contributed by atoms with Gasteiger partial charge in [-0.3, -0.25) is 0 Å². The normalized spacial score (nSPS) is 10.5. The van der Waals surface area contributed by atoms with E-state index in [0.717, 1.165) is 0 Å². The van der Waals surface area contributed by atoms with E-state index in [1.54, 1.807) is 5.32 Å². The molecule has 0 bridgehead atoms. The molecule has 0 aliphatic carbocycles. The maximum absolute atomic E-state index is 13.4. The summed E-state index contributed by atoms with van der Waals surface area (Å²) in [5, 5.41) is 3.97. The molecule has 0 aliphatic heterocycles. The number of hydrogen-bond acceptors (Lipinski definition) is 1. The molecule has 2 N–H and O–H groups in total. The topological polar surface area (TPSA) is 41.1 Å². The van der Waals surface area contributed by atoms with Crippen molar-refractivity contribution in [1.82, 2.24) is 0 Å². The van der Waals surface area contributed by atoms with E-state index in [1.165, 1.54) is 24.3 Å². The first kappa shape index (κ1) is 16.0. The summed E-state index contributed by atoms with van der Waals surface area (Å²) in [7, 11) is 0. The number of carbonyl (C=O) groups is 1. The quantitative estimate of drug-likeness (QED) is 0.466. The molecule has 0 heterocycles. The van der Waals surface area contributed by atoms with E-state index in [1.807, 2.05) is 0 Å². The van der Waals surface area contributed by atoms with Crippen LogP contribution >= 0.6 is 11.6 Å². The van der Waals surface area contributed by atoms with Gasteiger partial charge in [-0.2, -0.15) is 0 Å². The minimum Gasteiger partial charge on any atom is -0.308 e. The molecule has 0 aromatic heterocycles. The summed E-state index contributed by atoms with van der Waals surface area (Å²) in [5.74, 6) is -10.9. The number of urea groups is 1. The van der Waals surface area contributed by atoms with Crippen molar-refractivity contribution in [3.63, 3.8) is 0 Å². The van der Waals surface area contributed by atoms with Gasteiger partial charge in [0, 0.05) is 10.7 Å². The molecule has 0 radical (unpaired) electrons. The third kappa shape index (κ3) is 3.11. The van der Waals surface area contributed by atoms with Crippen LogP contribution in [0.4, 0.5) is 38.1 Å². The number of benzene rings is 2. The van der Waals surface area contributed by atoms with Gasteiger partial charge in [-0.15, -0.1) is 0 Å². The van der Waals surface area contributed by atoms with Crippen LogP contribution in [0.15, 0.2) is 24.3 Å². The second-order valence-corrected chi connectivity index (χ2v) is 4.47. The van der Waals surface area contributed by atoms with Crippen molar-refractivity contribution in [1.29, 1.82) is 0 Å². The molecule has 2 aromatic rings. The van der Waals surface area contributed by atoms with Crippen LogP contribution in [-0.4, -0.2) is 6.03 Å². The van der Waals surface area contributed by atoms with Crippen molar-refractivity contribution in [3.8, 4) is 0 Å². The lowest BCUT2D eigenvalue weighted by Crippen LogP contribution is -2.22. The molecular formula is C13H6ClF5N2O. The molecular weight excluding hydrogens is 331 g/mol. The summed E-state index contributed by atoms with van der Waals surface area (Å²) in [6, 6.07) is 4.51. The van der Waals surface area contributed by atoms with Gasteiger partial charge in [0.05, 0.1) is 0 Å². The van der Waals surface area contributed by atoms with Crippen LogP contribution in [-0.2, 0) is 0 Å². The summed E-state index contributed by atoms with van der Waals surface area (Å²) >= 11 is 5.67. The molecule has 116 valence electrons. The zero-order valence-corrected chi connectivity index (χ0v) is 11.2. The van der Waals surface area contributed by atoms with Crippen molar-refractivity contribution in [2.75, 3.05) is 10.6 Å². The number of carbonyl (C=O) groups excluding carboxylic acids is 1. The zero-order chi connectivity index (χ0) is 16.4. The largest absolute Gasteiger partial charge is 0.323 e. The molecule has 3 nitrogen and oxygen atoms in total. The third-order valence-electron chi connectivity index (χ3n) is 2.53. The standard InChI is InChI=1S/C13H6ClF5N2O/c14-5-2-1-3-6(4-5)20-13(22)21-12-10(18)8(16)7(15)9(17)11(12)19/h1-4H,(H2,20,21,22). The fraction of sp³-hybridized carbons (Fsp3) is 0. The molecule has 22 heavy (non-hydrogen) atoms. The van der Waals surface area contributed by atoms with Gasteiger partial charge in [-0.25, -0.2) is 26.7 Å². The Morgan fingerprint density at radius 2 is 1.41 bits per heavy atom. The molecule has 2 rings (SSSR count). The Morgan fingerprint density at radius 1 is 0.864 bits per heavy atom. The van der Waals surface area contributed by atoms with Gasteiger partial charge >= 0.3 is 6.03 Å². The van der Waals surface area contributed by atoms with Crippen LogP contribution in [0.3, 0.4) is 0 Å². The maximum atomic E-state index is 13.4. The highest BCUT2D eigenvalue weighted by Crippen LogP contribution is 2.27. The van der Waals surface area contributed by atoms with E-state index in [-0.39, 0.29) is 10.7 Å². The maximum Gasteiger partial charge on any atom is 0.323 e. The van der Waals surface area contributed by atoms with Crippen molar-refractivity contribution < 1.29 is 26.7 Å². The number of amides is 2. The Morgan fingerprint density at radius 3 is 1.95 bits per heavy atom. The van der Waals surface area contributed by atoms with Gasteiger partial charge in [0.2, 0.25) is 5.82 Å². The second kappa shape index (κ2) is 6.18. The number of halogens is 6. The molecule has 9 heteroatoms. The van der Waals surface area contributed by atoms with E-state index >= 15 is 0 Å². The molecule has 2 aromatic carbocycles. The first-order valence-electron chi connectivity index (χ1n) is 5.66. The summed E-state index contributed by atoms with van der Waals surface area (Å²) in [5.41, 5.74) is -1.29. The lowest BCUT2D eigenvalue weighted by Gasteiger charge is -2.11. The van der Waals surface area contributed by atoms with Gasteiger partial charge in [0.15, 0.2) is 23.3 Å². The van der Waals surface area contributed by atoms with E-state index in [0.29, 0.717) is 0 Å². The van der Waals surface area contributed by atoms with Crippen LogP contribution in [0, 0.1) is 29.1 Å². The van der Waals surface area contributed by atoms with Crippen molar-refractivity contribution >= 4 is 29.0 Å². The minimum absolute atomic E-state index is 0.161. The number of hydrogen-bond donors (Lipinski definition) is 2. The minimum atomic E-state index is -2.31. The predicted molar refractivity (Wildman–Crippen MR) is 70.3 cm³/mol. The van der Waals surface area contributed by atoms with Gasteiger partial charge in [0.25, 0.3) is 0 Å². The molecule has 0 saturated heterocycles. The number of nitrogens with one attached hydrogen (secondary N) is 2. The van der Waals surface area contributed by atoms with Crippen LogP contribution in [0.5, 0.6) is 0 Å². The van der Waals surface area contributed by atoms with E-state index in [4.69, 9.17) is 11.6 Å². The first-order chi connectivity index (χ1) is 10.3. The van der Waals surface area contributed by atoms with Crippen molar-refractivity contribution in [3.05, 3.63) is 58.4 Å². The Kier molecular flexibility index (Phi) is 4.51. The Balaban J connectivity index is 2.26. The van der Waals surface area contributed by atoms with Crippen LogP contribution in [0.2, 0.25) is 5.02 Å². The highest BCUT2D eigenvalue weighted by molar-refractivity contribution is 6.30. The lowest BCUT2D eigenvalue weighted by atomic mass is 10.2. The Bertz CT molecular complexity index is 724. The zero-order valence-electron chi connectivity index (χ0n) is 10.5. The molecule has 0 fully saturated rings. The third-order valence-corrected chi connectivity index (χ3v) is 2.77. The van der Waals surface area contributed by atoms with E-state index in [9.17, 15) is 26.7 Å². The predicted octanol–water partition coefficient (Wildman–Crippen LogP) is 4.68. The Hall–Kier alpha value is -2.35. The SMILES string of the molecule is O=C(Nc1cccc(Cl)c1)Nc1c(F)c(F)c(F)c(F)c1F. The Labute approximate surface area is 125 Å². The van der Waals surface area contributed by atoms with Crippen LogP contribution < -0.4 is 10.6 Å². The average molecular weight is 337 g/mol. The monoisotopic (exact) mass is 336 g/mol. The fourth-order valence-electron chi connectivity index (χ4n) is 1.56. The van der Waals surface area contributed by atoms with Gasteiger partial charge in [0.1, 0.15) is 5.69 Å². The summed E-state index contributed by atoms with van der Waals surface area (Å²) in [6.45, 7) is 0. The summed E-state index contributed by atoms with van der Waals surface area (Å²) < 4.78 is 65.6. The van der Waals surface area contributed by atoms with Gasteiger partial charge in [-0.1, -0.05) is 17.7 Å². The van der Waals surface area contributed by atoms with Gasteiger partial charge in [-0.05, 0) is 18.2 Å². The highest BCUT2D eigenvalue weighted by atomic mass is 35.5.